The van der Waals surface area contributed by atoms with Gasteiger partial charge in [-0.15, -0.1) is 0 Å². The normalized spacial score (nSPS) is 21.8. The minimum atomic E-state index is -0.278. The second kappa shape index (κ2) is 6.67. The van der Waals surface area contributed by atoms with Crippen LogP contribution >= 0.6 is 0 Å². The number of carbonyl (C=O) groups is 1. The quantitative estimate of drug-likeness (QED) is 0.908. The van der Waals surface area contributed by atoms with E-state index in [1.54, 1.807) is 0 Å². The van der Waals surface area contributed by atoms with Crippen LogP contribution in [-0.2, 0) is 7.05 Å². The highest BCUT2D eigenvalue weighted by molar-refractivity contribution is 5.97. The van der Waals surface area contributed by atoms with Crippen LogP contribution in [0.1, 0.15) is 42.5 Å². The average Bonchev–Trinajstić information content (AvgIpc) is 3.06. The molecule has 2 aliphatic rings. The highest BCUT2D eigenvalue weighted by atomic mass is 16.3. The first-order chi connectivity index (χ1) is 12.1. The molecule has 1 aromatic heterocycles. The van der Waals surface area contributed by atoms with E-state index in [0.29, 0.717) is 6.54 Å². The third-order valence-corrected chi connectivity index (χ3v) is 5.44. The molecule has 4 rings (SSSR count). The zero-order valence-corrected chi connectivity index (χ0v) is 14.8. The molecule has 2 fully saturated rings. The summed E-state index contributed by atoms with van der Waals surface area (Å²) in [5.41, 5.74) is 2.59. The van der Waals surface area contributed by atoms with Crippen LogP contribution in [0.5, 0.6) is 0 Å². The highest BCUT2D eigenvalue weighted by Crippen LogP contribution is 2.26. The lowest BCUT2D eigenvalue weighted by Crippen LogP contribution is -2.31. The maximum Gasteiger partial charge on any atom is 0.253 e. The fourth-order valence-corrected chi connectivity index (χ4v) is 3.98. The van der Waals surface area contributed by atoms with Crippen molar-refractivity contribution in [2.45, 2.75) is 38.2 Å². The van der Waals surface area contributed by atoms with E-state index in [9.17, 15) is 9.90 Å². The van der Waals surface area contributed by atoms with Crippen LogP contribution in [0, 0.1) is 0 Å². The maximum absolute atomic E-state index is 12.8. The van der Waals surface area contributed by atoms with Crippen LogP contribution in [-0.4, -0.2) is 57.7 Å². The SMILES string of the molecule is Cn1c(N2CC[C@H](O)C2)nc2cc(C(=O)N3CCCCCC3)ccc21. The van der Waals surface area contributed by atoms with Gasteiger partial charge in [-0.2, -0.15) is 0 Å². The molecular weight excluding hydrogens is 316 g/mol. The smallest absolute Gasteiger partial charge is 0.253 e. The summed E-state index contributed by atoms with van der Waals surface area (Å²) in [6.45, 7) is 3.15. The summed E-state index contributed by atoms with van der Waals surface area (Å²) >= 11 is 0. The lowest BCUT2D eigenvalue weighted by molar-refractivity contribution is 0.0762. The van der Waals surface area contributed by atoms with Crippen molar-refractivity contribution in [3.63, 3.8) is 0 Å². The molecule has 1 N–H and O–H groups in total. The number of hydrogen-bond donors (Lipinski definition) is 1. The summed E-state index contributed by atoms with van der Waals surface area (Å²) in [5, 5.41) is 9.78. The van der Waals surface area contributed by atoms with Crippen molar-refractivity contribution in [1.82, 2.24) is 14.5 Å². The largest absolute Gasteiger partial charge is 0.391 e. The number of rotatable bonds is 2. The monoisotopic (exact) mass is 342 g/mol. The molecule has 1 atom stereocenters. The molecule has 6 nitrogen and oxygen atoms in total. The molecule has 0 saturated carbocycles. The summed E-state index contributed by atoms with van der Waals surface area (Å²) in [5.74, 6) is 0.985. The molecule has 134 valence electrons. The number of fused-ring (bicyclic) bond motifs is 1. The van der Waals surface area contributed by atoms with E-state index in [1.807, 2.05) is 34.7 Å². The van der Waals surface area contributed by atoms with Gasteiger partial charge in [-0.05, 0) is 37.5 Å². The van der Waals surface area contributed by atoms with Crippen LogP contribution in [0.2, 0.25) is 0 Å². The summed E-state index contributed by atoms with van der Waals surface area (Å²) in [6, 6.07) is 5.82. The topological polar surface area (TPSA) is 61.6 Å². The van der Waals surface area contributed by atoms with Crippen molar-refractivity contribution in [2.75, 3.05) is 31.1 Å². The fourth-order valence-electron chi connectivity index (χ4n) is 3.98. The van der Waals surface area contributed by atoms with Crippen LogP contribution in [0.4, 0.5) is 5.95 Å². The van der Waals surface area contributed by atoms with E-state index in [1.165, 1.54) is 12.8 Å². The number of imidazole rings is 1. The second-order valence-corrected chi connectivity index (χ2v) is 7.27. The molecule has 2 aromatic rings. The number of hydrogen-bond acceptors (Lipinski definition) is 4. The molecule has 0 radical (unpaired) electrons. The van der Waals surface area contributed by atoms with Gasteiger partial charge >= 0.3 is 0 Å². The zero-order chi connectivity index (χ0) is 17.4. The van der Waals surface area contributed by atoms with Gasteiger partial charge in [0.25, 0.3) is 5.91 Å². The Morgan fingerprint density at radius 3 is 2.60 bits per heavy atom. The van der Waals surface area contributed by atoms with Crippen molar-refractivity contribution in [3.8, 4) is 0 Å². The van der Waals surface area contributed by atoms with Crippen molar-refractivity contribution in [1.29, 1.82) is 0 Å². The predicted octanol–water partition coefficient (Wildman–Crippen LogP) is 2.16. The minimum absolute atomic E-state index is 0.118. The fraction of sp³-hybridized carbons (Fsp3) is 0.579. The number of benzene rings is 1. The molecular formula is C19H26N4O2. The number of likely N-dealkylation sites (tertiary alicyclic amines) is 1. The Kier molecular flexibility index (Phi) is 4.37. The maximum atomic E-state index is 12.8. The average molecular weight is 342 g/mol. The van der Waals surface area contributed by atoms with Crippen molar-refractivity contribution in [3.05, 3.63) is 23.8 Å². The number of aromatic nitrogens is 2. The highest BCUT2D eigenvalue weighted by Gasteiger charge is 2.25. The molecule has 2 saturated heterocycles. The number of carbonyl (C=O) groups excluding carboxylic acids is 1. The number of nitrogens with zero attached hydrogens (tertiary/aromatic N) is 4. The van der Waals surface area contributed by atoms with Crippen molar-refractivity contribution < 1.29 is 9.90 Å². The van der Waals surface area contributed by atoms with Gasteiger partial charge in [-0.3, -0.25) is 4.79 Å². The van der Waals surface area contributed by atoms with E-state index >= 15 is 0 Å². The standard InChI is InChI=1S/C19H26N4O2/c1-21-17-7-6-14(18(25)22-9-4-2-3-5-10-22)12-16(17)20-19(21)23-11-8-15(24)13-23/h6-7,12,15,24H,2-5,8-11,13H2,1H3/t15-/m0/s1. The molecule has 0 spiro atoms. The second-order valence-electron chi connectivity index (χ2n) is 7.27. The Hall–Kier alpha value is -2.08. The van der Waals surface area contributed by atoms with Crippen LogP contribution in [0.15, 0.2) is 18.2 Å². The number of aliphatic hydroxyl groups is 1. The van der Waals surface area contributed by atoms with Crippen LogP contribution < -0.4 is 4.90 Å². The Labute approximate surface area is 148 Å². The van der Waals surface area contributed by atoms with E-state index in [2.05, 4.69) is 4.90 Å². The summed E-state index contributed by atoms with van der Waals surface area (Å²) in [7, 11) is 1.99. The molecule has 2 aliphatic heterocycles. The van der Waals surface area contributed by atoms with Gasteiger partial charge in [0.2, 0.25) is 5.95 Å². The first-order valence-corrected chi connectivity index (χ1v) is 9.32. The summed E-state index contributed by atoms with van der Waals surface area (Å²) in [6.07, 6.45) is 5.13. The van der Waals surface area contributed by atoms with Gasteiger partial charge < -0.3 is 19.5 Å². The van der Waals surface area contributed by atoms with Gasteiger partial charge in [-0.1, -0.05) is 12.8 Å². The predicted molar refractivity (Wildman–Crippen MR) is 97.9 cm³/mol. The van der Waals surface area contributed by atoms with Gasteiger partial charge in [0.15, 0.2) is 0 Å². The zero-order valence-electron chi connectivity index (χ0n) is 14.8. The van der Waals surface area contributed by atoms with Gasteiger partial charge in [0.05, 0.1) is 17.1 Å². The van der Waals surface area contributed by atoms with E-state index in [-0.39, 0.29) is 12.0 Å². The third kappa shape index (κ3) is 3.11. The Morgan fingerprint density at radius 1 is 1.16 bits per heavy atom. The molecule has 3 heterocycles. The molecule has 0 bridgehead atoms. The number of amides is 1. The molecule has 1 aromatic carbocycles. The molecule has 1 amide bonds. The van der Waals surface area contributed by atoms with Crippen molar-refractivity contribution >= 4 is 22.9 Å². The van der Waals surface area contributed by atoms with Gasteiger partial charge in [0, 0.05) is 38.8 Å². The molecule has 6 heteroatoms. The number of aryl methyl sites for hydroxylation is 1. The van der Waals surface area contributed by atoms with Gasteiger partial charge in [0.1, 0.15) is 0 Å². The molecule has 0 unspecified atom stereocenters. The first kappa shape index (κ1) is 16.4. The lowest BCUT2D eigenvalue weighted by atomic mass is 10.1. The summed E-state index contributed by atoms with van der Waals surface area (Å²) in [4.78, 5) is 21.7. The van der Waals surface area contributed by atoms with E-state index in [4.69, 9.17) is 4.98 Å². The van der Waals surface area contributed by atoms with Crippen LogP contribution in [0.3, 0.4) is 0 Å². The summed E-state index contributed by atoms with van der Waals surface area (Å²) < 4.78 is 2.05. The van der Waals surface area contributed by atoms with Crippen molar-refractivity contribution in [2.24, 2.45) is 7.05 Å². The van der Waals surface area contributed by atoms with Crippen LogP contribution in [0.25, 0.3) is 11.0 Å². The Morgan fingerprint density at radius 2 is 1.92 bits per heavy atom. The number of β-amino-alcohol motifs (C(OH)–C–C–N with tert-alkyl or cyclic N) is 1. The Bertz CT molecular complexity index is 777. The third-order valence-electron chi connectivity index (χ3n) is 5.44. The Balaban J connectivity index is 1.62. The number of anilines is 1. The van der Waals surface area contributed by atoms with E-state index in [0.717, 1.165) is 61.4 Å². The lowest BCUT2D eigenvalue weighted by Gasteiger charge is -2.20. The number of aliphatic hydroxyl groups excluding tert-OH is 1. The molecule has 0 aliphatic carbocycles. The van der Waals surface area contributed by atoms with Gasteiger partial charge in [-0.25, -0.2) is 4.98 Å². The van der Waals surface area contributed by atoms with E-state index < -0.39 is 0 Å². The first-order valence-electron chi connectivity index (χ1n) is 9.32. The molecule has 25 heavy (non-hydrogen) atoms. The minimum Gasteiger partial charge on any atom is -0.391 e.